The fraction of sp³-hybridized carbons (Fsp3) is 0.0909. The molecule has 0 aliphatic heterocycles. The molecule has 0 saturated carbocycles. The highest BCUT2D eigenvalue weighted by atomic mass is 16.4. The first-order chi connectivity index (χ1) is 7.29. The molecule has 0 amide bonds. The summed E-state index contributed by atoms with van der Waals surface area (Å²) in [5.74, 6) is -0.826. The average molecular weight is 204 g/mol. The van der Waals surface area contributed by atoms with Crippen molar-refractivity contribution in [1.29, 1.82) is 0 Å². The first-order valence-corrected chi connectivity index (χ1v) is 4.47. The van der Waals surface area contributed by atoms with E-state index in [1.54, 1.807) is 24.5 Å². The lowest BCUT2D eigenvalue weighted by molar-refractivity contribution is -0.136. The molecule has 0 bridgehead atoms. The quantitative estimate of drug-likeness (QED) is 0.782. The van der Waals surface area contributed by atoms with Crippen LogP contribution in [0.15, 0.2) is 49.1 Å². The Kier molecular flexibility index (Phi) is 4.66. The maximum Gasteiger partial charge on any atom is 0.307 e. The lowest BCUT2D eigenvalue weighted by Gasteiger charge is -1.91. The summed E-state index contributed by atoms with van der Waals surface area (Å²) in [6.07, 6.45) is 6.97. The van der Waals surface area contributed by atoms with Gasteiger partial charge in [0.1, 0.15) is 0 Å². The Balaban J connectivity index is 0.000000187. The molecule has 78 valence electrons. The van der Waals surface area contributed by atoms with Crippen LogP contribution in [0.25, 0.3) is 0 Å². The molecule has 0 unspecified atom stereocenters. The zero-order valence-corrected chi connectivity index (χ0v) is 8.13. The van der Waals surface area contributed by atoms with Gasteiger partial charge in [0.05, 0.1) is 6.42 Å². The first kappa shape index (κ1) is 11.0. The van der Waals surface area contributed by atoms with E-state index in [-0.39, 0.29) is 6.42 Å². The highest BCUT2D eigenvalue weighted by molar-refractivity contribution is 5.69. The summed E-state index contributed by atoms with van der Waals surface area (Å²) in [5.41, 5.74) is 0.731. The fourth-order valence-corrected chi connectivity index (χ4v) is 0.955. The average Bonchev–Trinajstić information content (AvgIpc) is 2.76. The molecule has 4 nitrogen and oxygen atoms in total. The van der Waals surface area contributed by atoms with E-state index < -0.39 is 5.97 Å². The second-order valence-electron chi connectivity index (χ2n) is 2.82. The van der Waals surface area contributed by atoms with Gasteiger partial charge in [-0.25, -0.2) is 0 Å². The molecule has 2 rings (SSSR count). The smallest absolute Gasteiger partial charge is 0.307 e. The zero-order valence-electron chi connectivity index (χ0n) is 8.13. The number of carboxylic acids is 1. The van der Waals surface area contributed by atoms with Crippen LogP contribution < -0.4 is 0 Å². The third kappa shape index (κ3) is 5.25. The third-order valence-electron chi connectivity index (χ3n) is 1.57. The standard InChI is InChI=1S/C7H7NO2.C4H5N/c9-7(10)4-6-2-1-3-8-5-6;1-2-4-5-3-1/h1-3,5H,4H2,(H,9,10);1-5H. The van der Waals surface area contributed by atoms with E-state index in [0.29, 0.717) is 0 Å². The predicted octanol–water partition coefficient (Wildman–Crippen LogP) is 1.72. The van der Waals surface area contributed by atoms with E-state index in [4.69, 9.17) is 5.11 Å². The van der Waals surface area contributed by atoms with Crippen molar-refractivity contribution >= 4 is 5.97 Å². The third-order valence-corrected chi connectivity index (χ3v) is 1.57. The Bertz CT molecular complexity index is 354. The van der Waals surface area contributed by atoms with Crippen molar-refractivity contribution in [3.05, 3.63) is 54.6 Å². The van der Waals surface area contributed by atoms with Crippen LogP contribution in [-0.2, 0) is 11.2 Å². The number of hydrogen-bond acceptors (Lipinski definition) is 2. The van der Waals surface area contributed by atoms with Gasteiger partial charge in [0.15, 0.2) is 0 Å². The van der Waals surface area contributed by atoms with Crippen LogP contribution >= 0.6 is 0 Å². The molecule has 0 radical (unpaired) electrons. The van der Waals surface area contributed by atoms with Gasteiger partial charge >= 0.3 is 5.97 Å². The molecule has 4 heteroatoms. The van der Waals surface area contributed by atoms with Gasteiger partial charge in [0, 0.05) is 24.8 Å². The summed E-state index contributed by atoms with van der Waals surface area (Å²) >= 11 is 0. The Morgan fingerprint density at radius 1 is 1.33 bits per heavy atom. The molecule has 0 atom stereocenters. The number of aromatic amines is 1. The van der Waals surface area contributed by atoms with E-state index in [2.05, 4.69) is 9.97 Å². The highest BCUT2D eigenvalue weighted by Gasteiger charge is 1.97. The van der Waals surface area contributed by atoms with Crippen LogP contribution in [0.1, 0.15) is 5.56 Å². The molecular formula is C11H12N2O2. The van der Waals surface area contributed by atoms with Gasteiger partial charge in [-0.05, 0) is 23.8 Å². The van der Waals surface area contributed by atoms with Gasteiger partial charge in [-0.15, -0.1) is 0 Å². The topological polar surface area (TPSA) is 66.0 Å². The maximum absolute atomic E-state index is 10.1. The number of nitrogens with one attached hydrogen (secondary N) is 1. The van der Waals surface area contributed by atoms with Crippen molar-refractivity contribution in [2.24, 2.45) is 0 Å². The summed E-state index contributed by atoms with van der Waals surface area (Å²) in [7, 11) is 0. The van der Waals surface area contributed by atoms with Crippen LogP contribution in [0.2, 0.25) is 0 Å². The van der Waals surface area contributed by atoms with E-state index in [1.807, 2.05) is 24.5 Å². The number of carbonyl (C=O) groups is 1. The van der Waals surface area contributed by atoms with Gasteiger partial charge in [-0.2, -0.15) is 0 Å². The van der Waals surface area contributed by atoms with Crippen molar-refractivity contribution < 1.29 is 9.90 Å². The lowest BCUT2D eigenvalue weighted by Crippen LogP contribution is -1.99. The number of H-pyrrole nitrogens is 1. The Morgan fingerprint density at radius 3 is 2.47 bits per heavy atom. The molecule has 0 aliphatic rings. The van der Waals surface area contributed by atoms with E-state index in [1.165, 1.54) is 0 Å². The Morgan fingerprint density at radius 2 is 2.07 bits per heavy atom. The molecule has 0 aromatic carbocycles. The summed E-state index contributed by atoms with van der Waals surface area (Å²) in [6, 6.07) is 7.35. The van der Waals surface area contributed by atoms with Gasteiger partial charge in [-0.1, -0.05) is 6.07 Å². The largest absolute Gasteiger partial charge is 0.481 e. The van der Waals surface area contributed by atoms with E-state index in [9.17, 15) is 4.79 Å². The predicted molar refractivity (Wildman–Crippen MR) is 56.4 cm³/mol. The van der Waals surface area contributed by atoms with Gasteiger partial charge < -0.3 is 10.1 Å². The second-order valence-corrected chi connectivity index (χ2v) is 2.82. The number of rotatable bonds is 2. The highest BCUT2D eigenvalue weighted by Crippen LogP contribution is 1.95. The molecule has 0 saturated heterocycles. The van der Waals surface area contributed by atoms with Crippen LogP contribution in [-0.4, -0.2) is 21.0 Å². The summed E-state index contributed by atoms with van der Waals surface area (Å²) in [5, 5.41) is 8.34. The van der Waals surface area contributed by atoms with Crippen LogP contribution in [0.3, 0.4) is 0 Å². The number of aliphatic carboxylic acids is 1. The van der Waals surface area contributed by atoms with E-state index >= 15 is 0 Å². The number of nitrogens with zero attached hydrogens (tertiary/aromatic N) is 1. The molecular weight excluding hydrogens is 192 g/mol. The van der Waals surface area contributed by atoms with Gasteiger partial charge in [0.2, 0.25) is 0 Å². The molecule has 0 spiro atoms. The Labute approximate surface area is 87.6 Å². The van der Waals surface area contributed by atoms with Crippen molar-refractivity contribution in [2.45, 2.75) is 6.42 Å². The molecule has 2 aromatic heterocycles. The summed E-state index contributed by atoms with van der Waals surface area (Å²) < 4.78 is 0. The minimum Gasteiger partial charge on any atom is -0.481 e. The SMILES string of the molecule is O=C(O)Cc1cccnc1.c1cc[nH]c1. The first-order valence-electron chi connectivity index (χ1n) is 4.47. The summed E-state index contributed by atoms with van der Waals surface area (Å²) in [6.45, 7) is 0. The lowest BCUT2D eigenvalue weighted by atomic mass is 10.2. The molecule has 0 aliphatic carbocycles. The molecule has 2 aromatic rings. The summed E-state index contributed by atoms with van der Waals surface area (Å²) in [4.78, 5) is 16.8. The molecule has 2 heterocycles. The normalized spacial score (nSPS) is 8.80. The van der Waals surface area contributed by atoms with Crippen LogP contribution in [0, 0.1) is 0 Å². The minimum absolute atomic E-state index is 0.0494. The van der Waals surface area contributed by atoms with Crippen LogP contribution in [0.5, 0.6) is 0 Å². The molecule has 0 fully saturated rings. The van der Waals surface area contributed by atoms with Crippen LogP contribution in [0.4, 0.5) is 0 Å². The van der Waals surface area contributed by atoms with Gasteiger partial charge in [-0.3, -0.25) is 9.78 Å². The number of pyridine rings is 1. The Hall–Kier alpha value is -2.10. The van der Waals surface area contributed by atoms with E-state index in [0.717, 1.165) is 5.56 Å². The number of hydrogen-bond donors (Lipinski definition) is 2. The minimum atomic E-state index is -0.826. The number of carboxylic acid groups (broad SMARTS) is 1. The zero-order chi connectivity index (χ0) is 10.9. The van der Waals surface area contributed by atoms with Crippen molar-refractivity contribution in [2.75, 3.05) is 0 Å². The second kappa shape index (κ2) is 6.37. The van der Waals surface area contributed by atoms with Crippen molar-refractivity contribution in [3.63, 3.8) is 0 Å². The maximum atomic E-state index is 10.1. The fourth-order valence-electron chi connectivity index (χ4n) is 0.955. The molecule has 15 heavy (non-hydrogen) atoms. The monoisotopic (exact) mass is 204 g/mol. The number of aromatic nitrogens is 2. The molecule has 2 N–H and O–H groups in total. The van der Waals surface area contributed by atoms with Crippen molar-refractivity contribution in [3.8, 4) is 0 Å². The van der Waals surface area contributed by atoms with Gasteiger partial charge in [0.25, 0.3) is 0 Å². The van der Waals surface area contributed by atoms with Crippen molar-refractivity contribution in [1.82, 2.24) is 9.97 Å².